The van der Waals surface area contributed by atoms with E-state index in [1.165, 1.54) is 0 Å². The third kappa shape index (κ3) is 5.30. The SMILES string of the molecule is N#CCc1ccc(N(c2ccccc2)c2c3ccccc3c(N(c3ccccc3)c3ccc(CC#N)cc3)c3ccccc23)cc1. The topological polar surface area (TPSA) is 54.1 Å². The molecule has 0 aliphatic heterocycles. The van der Waals surface area contributed by atoms with Crippen LogP contribution in [0.15, 0.2) is 158 Å². The van der Waals surface area contributed by atoms with Crippen LogP contribution < -0.4 is 9.80 Å². The molecule has 7 aromatic rings. The van der Waals surface area contributed by atoms with Crippen LogP contribution in [0.1, 0.15) is 11.1 Å². The zero-order valence-corrected chi connectivity index (χ0v) is 25.2. The normalized spacial score (nSPS) is 10.7. The number of para-hydroxylation sites is 2. The van der Waals surface area contributed by atoms with Gasteiger partial charge in [0.25, 0.3) is 0 Å². The smallest absolute Gasteiger partial charge is 0.0669 e. The second kappa shape index (κ2) is 12.7. The van der Waals surface area contributed by atoms with E-state index in [1.807, 2.05) is 36.4 Å². The number of rotatable bonds is 8. The molecule has 0 bridgehead atoms. The highest BCUT2D eigenvalue weighted by atomic mass is 15.2. The summed E-state index contributed by atoms with van der Waals surface area (Å²) < 4.78 is 0. The maximum atomic E-state index is 9.29. The van der Waals surface area contributed by atoms with Crippen LogP contribution in [-0.4, -0.2) is 0 Å². The Hall–Kier alpha value is -6.36. The van der Waals surface area contributed by atoms with Gasteiger partial charge < -0.3 is 9.80 Å². The van der Waals surface area contributed by atoms with Gasteiger partial charge in [-0.1, -0.05) is 109 Å². The zero-order chi connectivity index (χ0) is 31.3. The number of benzene rings is 7. The highest BCUT2D eigenvalue weighted by Crippen LogP contribution is 2.50. The molecule has 0 spiro atoms. The van der Waals surface area contributed by atoms with Crippen LogP contribution in [0.4, 0.5) is 34.1 Å². The lowest BCUT2D eigenvalue weighted by Gasteiger charge is -2.33. The van der Waals surface area contributed by atoms with E-state index in [2.05, 4.69) is 143 Å². The van der Waals surface area contributed by atoms with Crippen LogP contribution >= 0.6 is 0 Å². The first-order valence-electron chi connectivity index (χ1n) is 15.3. The maximum absolute atomic E-state index is 9.29. The largest absolute Gasteiger partial charge is 0.309 e. The number of hydrogen-bond donors (Lipinski definition) is 0. The van der Waals surface area contributed by atoms with Crippen molar-refractivity contribution < 1.29 is 0 Å². The van der Waals surface area contributed by atoms with E-state index < -0.39 is 0 Å². The highest BCUT2D eigenvalue weighted by Gasteiger charge is 2.25. The minimum atomic E-state index is 0.374. The molecule has 7 rings (SSSR count). The van der Waals surface area contributed by atoms with Gasteiger partial charge in [-0.3, -0.25) is 0 Å². The van der Waals surface area contributed by atoms with Crippen LogP contribution in [0.3, 0.4) is 0 Å². The van der Waals surface area contributed by atoms with Gasteiger partial charge in [-0.15, -0.1) is 0 Å². The molecule has 0 heterocycles. The Kier molecular flexibility index (Phi) is 7.85. The summed E-state index contributed by atoms with van der Waals surface area (Å²) in [4.78, 5) is 4.66. The fourth-order valence-electron chi connectivity index (χ4n) is 6.24. The monoisotopic (exact) mass is 590 g/mol. The first-order valence-corrected chi connectivity index (χ1v) is 15.3. The average molecular weight is 591 g/mol. The molecule has 0 saturated heterocycles. The van der Waals surface area contributed by atoms with Crippen molar-refractivity contribution >= 4 is 55.7 Å². The van der Waals surface area contributed by atoms with E-state index in [1.54, 1.807) is 0 Å². The van der Waals surface area contributed by atoms with Crippen molar-refractivity contribution in [2.75, 3.05) is 9.80 Å². The Morgan fingerprint density at radius 1 is 0.348 bits per heavy atom. The summed E-state index contributed by atoms with van der Waals surface area (Å²) in [6.45, 7) is 0. The number of hydrogen-bond acceptors (Lipinski definition) is 4. The van der Waals surface area contributed by atoms with Gasteiger partial charge in [0.1, 0.15) is 0 Å². The van der Waals surface area contributed by atoms with E-state index in [0.29, 0.717) is 12.8 Å². The average Bonchev–Trinajstić information content (AvgIpc) is 3.12. The van der Waals surface area contributed by atoms with Gasteiger partial charge in [0.2, 0.25) is 0 Å². The molecule has 4 nitrogen and oxygen atoms in total. The van der Waals surface area contributed by atoms with E-state index >= 15 is 0 Å². The van der Waals surface area contributed by atoms with Gasteiger partial charge in [0, 0.05) is 44.3 Å². The maximum Gasteiger partial charge on any atom is 0.0669 e. The molecular weight excluding hydrogens is 560 g/mol. The van der Waals surface area contributed by atoms with Crippen molar-refractivity contribution in [3.63, 3.8) is 0 Å². The molecule has 0 aliphatic carbocycles. The molecule has 46 heavy (non-hydrogen) atoms. The number of nitriles is 2. The molecule has 0 amide bonds. The first kappa shape index (κ1) is 28.4. The zero-order valence-electron chi connectivity index (χ0n) is 25.2. The van der Waals surface area contributed by atoms with Crippen LogP contribution in [0.5, 0.6) is 0 Å². The predicted octanol–water partition coefficient (Wildman–Crippen LogP) is 11.1. The first-order chi connectivity index (χ1) is 22.8. The molecule has 0 aromatic heterocycles. The Morgan fingerprint density at radius 2 is 0.630 bits per heavy atom. The summed E-state index contributed by atoms with van der Waals surface area (Å²) in [5.74, 6) is 0. The van der Waals surface area contributed by atoms with Crippen molar-refractivity contribution in [2.45, 2.75) is 12.8 Å². The molecule has 0 aliphatic rings. The van der Waals surface area contributed by atoms with Gasteiger partial charge in [-0.2, -0.15) is 10.5 Å². The second-order valence-electron chi connectivity index (χ2n) is 11.1. The molecule has 0 unspecified atom stereocenters. The summed E-state index contributed by atoms with van der Waals surface area (Å²) in [5.41, 5.74) is 8.29. The molecule has 218 valence electrons. The van der Waals surface area contributed by atoms with Crippen LogP contribution in [-0.2, 0) is 12.8 Å². The molecule has 0 atom stereocenters. The summed E-state index contributed by atoms with van der Waals surface area (Å²) in [7, 11) is 0. The Labute approximate surface area is 269 Å². The van der Waals surface area contributed by atoms with Crippen LogP contribution in [0, 0.1) is 22.7 Å². The molecule has 0 fully saturated rings. The molecule has 0 N–H and O–H groups in total. The minimum absolute atomic E-state index is 0.374. The molecular formula is C42H30N4. The summed E-state index contributed by atoms with van der Waals surface area (Å²) in [5, 5.41) is 23.0. The third-order valence-corrected chi connectivity index (χ3v) is 8.31. The minimum Gasteiger partial charge on any atom is -0.309 e. The Morgan fingerprint density at radius 3 is 0.935 bits per heavy atom. The quantitative estimate of drug-likeness (QED) is 0.130. The lowest BCUT2D eigenvalue weighted by molar-refractivity contribution is 1.24. The number of fused-ring (bicyclic) bond motifs is 2. The van der Waals surface area contributed by atoms with Gasteiger partial charge in [-0.25, -0.2) is 0 Å². The number of nitrogens with zero attached hydrogens (tertiary/aromatic N) is 4. The number of anilines is 6. The highest BCUT2D eigenvalue weighted by molar-refractivity contribution is 6.23. The summed E-state index contributed by atoms with van der Waals surface area (Å²) >= 11 is 0. The van der Waals surface area contributed by atoms with E-state index in [9.17, 15) is 10.5 Å². The lowest BCUT2D eigenvalue weighted by Crippen LogP contribution is -2.14. The third-order valence-electron chi connectivity index (χ3n) is 8.31. The van der Waals surface area contributed by atoms with Crippen molar-refractivity contribution in [1.29, 1.82) is 10.5 Å². The van der Waals surface area contributed by atoms with Crippen LogP contribution in [0.25, 0.3) is 21.5 Å². The fourth-order valence-corrected chi connectivity index (χ4v) is 6.24. The molecule has 0 radical (unpaired) electrons. The second-order valence-corrected chi connectivity index (χ2v) is 11.1. The molecule has 4 heteroatoms. The van der Waals surface area contributed by atoms with E-state index in [4.69, 9.17) is 0 Å². The van der Waals surface area contributed by atoms with Gasteiger partial charge in [0.05, 0.1) is 36.4 Å². The molecule has 0 saturated carbocycles. The van der Waals surface area contributed by atoms with Gasteiger partial charge in [0.15, 0.2) is 0 Å². The Balaban J connectivity index is 1.55. The van der Waals surface area contributed by atoms with Gasteiger partial charge >= 0.3 is 0 Å². The standard InChI is InChI=1S/C42H30N4/c43-29-27-31-19-23-35(24-20-31)45(33-11-3-1-4-12-33)41-37-15-7-9-17-39(37)42(40-18-10-8-16-38(40)41)46(34-13-5-2-6-14-34)36-25-21-32(22-26-36)28-30-44/h1-26H,27-28H2. The van der Waals surface area contributed by atoms with E-state index in [0.717, 1.165) is 66.8 Å². The van der Waals surface area contributed by atoms with Crippen molar-refractivity contribution in [3.8, 4) is 12.1 Å². The van der Waals surface area contributed by atoms with Crippen molar-refractivity contribution in [2.24, 2.45) is 0 Å². The fraction of sp³-hybridized carbons (Fsp3) is 0.0476. The summed E-state index contributed by atoms with van der Waals surface area (Å²) in [6, 6.07) is 59.3. The van der Waals surface area contributed by atoms with Gasteiger partial charge in [-0.05, 0) is 59.7 Å². The van der Waals surface area contributed by atoms with Crippen LogP contribution in [0.2, 0.25) is 0 Å². The lowest BCUT2D eigenvalue weighted by atomic mass is 9.95. The Bertz CT molecular complexity index is 1990. The van der Waals surface area contributed by atoms with Crippen molar-refractivity contribution in [3.05, 3.63) is 169 Å². The van der Waals surface area contributed by atoms with Crippen molar-refractivity contribution in [1.82, 2.24) is 0 Å². The summed E-state index contributed by atoms with van der Waals surface area (Å²) in [6.07, 6.45) is 0.748. The molecule has 7 aromatic carbocycles. The predicted molar refractivity (Wildman–Crippen MR) is 189 cm³/mol. The van der Waals surface area contributed by atoms with E-state index in [-0.39, 0.29) is 0 Å².